The maximum atomic E-state index is 12.3. The number of hydrogen-bond donors (Lipinski definition) is 1. The SMILES string of the molecule is COc1cc(-c2cc3ccccc3oc2=O)c(O)c(OC)c1OC. The summed E-state index contributed by atoms with van der Waals surface area (Å²) in [5, 5.41) is 11.3. The molecule has 0 aliphatic rings. The lowest BCUT2D eigenvalue weighted by molar-refractivity contribution is 0.311. The Labute approximate surface area is 137 Å². The molecule has 1 N–H and O–H groups in total. The highest BCUT2D eigenvalue weighted by Gasteiger charge is 2.23. The van der Waals surface area contributed by atoms with Gasteiger partial charge in [-0.2, -0.15) is 0 Å². The number of fused-ring (bicyclic) bond motifs is 1. The van der Waals surface area contributed by atoms with Gasteiger partial charge in [0.05, 0.1) is 26.9 Å². The molecule has 3 rings (SSSR count). The number of hydrogen-bond acceptors (Lipinski definition) is 6. The van der Waals surface area contributed by atoms with E-state index in [4.69, 9.17) is 18.6 Å². The number of para-hydroxylation sites is 1. The van der Waals surface area contributed by atoms with Crippen LogP contribution in [0, 0.1) is 0 Å². The van der Waals surface area contributed by atoms with E-state index in [-0.39, 0.29) is 28.4 Å². The summed E-state index contributed by atoms with van der Waals surface area (Å²) in [5.74, 6) is 0.429. The van der Waals surface area contributed by atoms with Crippen molar-refractivity contribution in [1.82, 2.24) is 0 Å². The lowest BCUT2D eigenvalue weighted by Crippen LogP contribution is -2.04. The number of methoxy groups -OCH3 is 3. The lowest BCUT2D eigenvalue weighted by atomic mass is 10.0. The highest BCUT2D eigenvalue weighted by molar-refractivity contribution is 5.85. The Balaban J connectivity index is 2.34. The summed E-state index contributed by atoms with van der Waals surface area (Å²) in [7, 11) is 4.29. The Kier molecular flexibility index (Phi) is 4.04. The molecule has 0 saturated heterocycles. The second-order valence-corrected chi connectivity index (χ2v) is 5.03. The van der Waals surface area contributed by atoms with Gasteiger partial charge in [-0.25, -0.2) is 4.79 Å². The highest BCUT2D eigenvalue weighted by atomic mass is 16.5. The van der Waals surface area contributed by atoms with Crippen LogP contribution in [0.4, 0.5) is 0 Å². The Bertz CT molecular complexity index is 958. The summed E-state index contributed by atoms with van der Waals surface area (Å²) in [4.78, 5) is 12.3. The molecule has 0 saturated carbocycles. The van der Waals surface area contributed by atoms with Gasteiger partial charge in [-0.3, -0.25) is 0 Å². The molecule has 0 atom stereocenters. The van der Waals surface area contributed by atoms with E-state index in [1.54, 1.807) is 18.2 Å². The highest BCUT2D eigenvalue weighted by Crippen LogP contribution is 2.49. The number of rotatable bonds is 4. The number of benzene rings is 2. The number of ether oxygens (including phenoxy) is 3. The Morgan fingerprint density at radius 2 is 1.62 bits per heavy atom. The smallest absolute Gasteiger partial charge is 0.344 e. The average Bonchev–Trinajstić information content (AvgIpc) is 2.60. The van der Waals surface area contributed by atoms with Crippen molar-refractivity contribution in [3.8, 4) is 34.1 Å². The van der Waals surface area contributed by atoms with Crippen LogP contribution in [-0.4, -0.2) is 26.4 Å². The van der Waals surface area contributed by atoms with Crippen LogP contribution >= 0.6 is 0 Å². The molecule has 0 bridgehead atoms. The Morgan fingerprint density at radius 3 is 2.29 bits per heavy atom. The first-order valence-electron chi connectivity index (χ1n) is 7.16. The van der Waals surface area contributed by atoms with Crippen molar-refractivity contribution in [2.75, 3.05) is 21.3 Å². The van der Waals surface area contributed by atoms with Crippen molar-refractivity contribution in [2.45, 2.75) is 0 Å². The third-order valence-corrected chi connectivity index (χ3v) is 3.74. The maximum absolute atomic E-state index is 12.3. The largest absolute Gasteiger partial charge is 0.504 e. The predicted molar refractivity (Wildman–Crippen MR) is 89.2 cm³/mol. The zero-order valence-corrected chi connectivity index (χ0v) is 13.5. The fourth-order valence-electron chi connectivity index (χ4n) is 2.60. The van der Waals surface area contributed by atoms with Crippen LogP contribution in [0.5, 0.6) is 23.0 Å². The quantitative estimate of drug-likeness (QED) is 0.741. The summed E-state index contributed by atoms with van der Waals surface area (Å²) >= 11 is 0. The molecule has 0 fully saturated rings. The summed E-state index contributed by atoms with van der Waals surface area (Å²) in [6.45, 7) is 0. The van der Waals surface area contributed by atoms with Gasteiger partial charge in [-0.05, 0) is 18.2 Å². The van der Waals surface area contributed by atoms with E-state index in [9.17, 15) is 9.90 Å². The average molecular weight is 328 g/mol. The molecule has 2 aromatic carbocycles. The molecule has 24 heavy (non-hydrogen) atoms. The van der Waals surface area contributed by atoms with Crippen LogP contribution in [0.2, 0.25) is 0 Å². The minimum absolute atomic E-state index is 0.0828. The lowest BCUT2D eigenvalue weighted by Gasteiger charge is -2.16. The van der Waals surface area contributed by atoms with E-state index >= 15 is 0 Å². The first kappa shape index (κ1) is 15.7. The van der Waals surface area contributed by atoms with E-state index in [1.165, 1.54) is 27.4 Å². The van der Waals surface area contributed by atoms with E-state index < -0.39 is 5.63 Å². The monoisotopic (exact) mass is 328 g/mol. The molecule has 0 radical (unpaired) electrons. The first-order chi connectivity index (χ1) is 11.6. The molecule has 124 valence electrons. The second kappa shape index (κ2) is 6.16. The molecule has 1 aromatic heterocycles. The van der Waals surface area contributed by atoms with Crippen molar-refractivity contribution in [3.05, 3.63) is 46.8 Å². The van der Waals surface area contributed by atoms with Gasteiger partial charge in [0.1, 0.15) is 5.58 Å². The zero-order chi connectivity index (χ0) is 17.3. The van der Waals surface area contributed by atoms with Gasteiger partial charge in [0, 0.05) is 10.9 Å². The van der Waals surface area contributed by atoms with Crippen molar-refractivity contribution in [1.29, 1.82) is 0 Å². The third-order valence-electron chi connectivity index (χ3n) is 3.74. The third kappa shape index (κ3) is 2.42. The molecule has 0 amide bonds. The molecule has 6 nitrogen and oxygen atoms in total. The van der Waals surface area contributed by atoms with Gasteiger partial charge < -0.3 is 23.7 Å². The minimum atomic E-state index is -0.571. The van der Waals surface area contributed by atoms with Gasteiger partial charge in [-0.15, -0.1) is 0 Å². The van der Waals surface area contributed by atoms with Crippen molar-refractivity contribution in [2.24, 2.45) is 0 Å². The molecule has 6 heteroatoms. The fourth-order valence-corrected chi connectivity index (χ4v) is 2.60. The summed E-state index contributed by atoms with van der Waals surface area (Å²) in [6, 6.07) is 10.3. The van der Waals surface area contributed by atoms with Crippen LogP contribution in [0.15, 0.2) is 45.6 Å². The van der Waals surface area contributed by atoms with Crippen LogP contribution in [-0.2, 0) is 0 Å². The molecule has 0 aliphatic heterocycles. The topological polar surface area (TPSA) is 78.1 Å². The van der Waals surface area contributed by atoms with Gasteiger partial charge in [0.2, 0.25) is 11.5 Å². The molecular formula is C18H16O6. The zero-order valence-electron chi connectivity index (χ0n) is 13.5. The van der Waals surface area contributed by atoms with E-state index in [2.05, 4.69) is 0 Å². The molecule has 0 spiro atoms. The summed E-state index contributed by atoms with van der Waals surface area (Å²) < 4.78 is 21.0. The first-order valence-corrected chi connectivity index (χ1v) is 7.16. The van der Waals surface area contributed by atoms with E-state index in [1.807, 2.05) is 12.1 Å². The summed E-state index contributed by atoms with van der Waals surface area (Å²) in [6.07, 6.45) is 0. The van der Waals surface area contributed by atoms with Crippen LogP contribution in [0.1, 0.15) is 0 Å². The Hall–Kier alpha value is -3.15. The summed E-state index contributed by atoms with van der Waals surface area (Å²) in [5.41, 5.74) is 0.339. The van der Waals surface area contributed by atoms with Gasteiger partial charge in [0.25, 0.3) is 0 Å². The van der Waals surface area contributed by atoms with E-state index in [0.29, 0.717) is 11.3 Å². The fraction of sp³-hybridized carbons (Fsp3) is 0.167. The van der Waals surface area contributed by atoms with Crippen LogP contribution < -0.4 is 19.8 Å². The number of aromatic hydroxyl groups is 1. The normalized spacial score (nSPS) is 10.6. The van der Waals surface area contributed by atoms with Gasteiger partial charge in [0.15, 0.2) is 11.5 Å². The standard InChI is InChI=1S/C18H16O6/c1-21-14-9-11(15(19)17(23-3)16(14)22-2)12-8-10-6-4-5-7-13(10)24-18(12)20/h4-9,19H,1-3H3. The van der Waals surface area contributed by atoms with Gasteiger partial charge >= 0.3 is 5.63 Å². The molecular weight excluding hydrogens is 312 g/mol. The van der Waals surface area contributed by atoms with Crippen molar-refractivity contribution < 1.29 is 23.7 Å². The molecule has 0 aliphatic carbocycles. The molecule has 3 aromatic rings. The minimum Gasteiger partial charge on any atom is -0.504 e. The van der Waals surface area contributed by atoms with Gasteiger partial charge in [-0.1, -0.05) is 18.2 Å². The Morgan fingerprint density at radius 1 is 0.917 bits per heavy atom. The maximum Gasteiger partial charge on any atom is 0.344 e. The number of phenolic OH excluding ortho intramolecular Hbond substituents is 1. The molecule has 0 unspecified atom stereocenters. The second-order valence-electron chi connectivity index (χ2n) is 5.03. The van der Waals surface area contributed by atoms with Crippen LogP contribution in [0.3, 0.4) is 0 Å². The van der Waals surface area contributed by atoms with Crippen molar-refractivity contribution >= 4 is 11.0 Å². The molecule has 1 heterocycles. The predicted octanol–water partition coefficient (Wildman–Crippen LogP) is 3.19. The van der Waals surface area contributed by atoms with Crippen LogP contribution in [0.25, 0.3) is 22.1 Å². The van der Waals surface area contributed by atoms with E-state index in [0.717, 1.165) is 5.39 Å². The number of phenols is 1. The van der Waals surface area contributed by atoms with Crippen molar-refractivity contribution in [3.63, 3.8) is 0 Å².